The fourth-order valence-corrected chi connectivity index (χ4v) is 2.71. The van der Waals surface area contributed by atoms with Crippen LogP contribution in [0.4, 0.5) is 5.69 Å². The summed E-state index contributed by atoms with van der Waals surface area (Å²) in [4.78, 5) is 11.5. The maximum atomic E-state index is 11.9. The summed E-state index contributed by atoms with van der Waals surface area (Å²) < 4.78 is 26.2. The van der Waals surface area contributed by atoms with E-state index in [0.717, 1.165) is 0 Å². The summed E-state index contributed by atoms with van der Waals surface area (Å²) in [5, 5.41) is 5.37. The number of likely N-dealkylation sites (N-methyl/N-ethyl adjacent to an activating group) is 1. The maximum absolute atomic E-state index is 11.9. The number of carbonyl (C=O) groups excluding carboxylic acids is 1. The summed E-state index contributed by atoms with van der Waals surface area (Å²) in [5.41, 5.74) is 0.559. The Morgan fingerprint density at radius 1 is 1.21 bits per heavy atom. The molecule has 0 fully saturated rings. The molecule has 0 spiro atoms. The third kappa shape index (κ3) is 4.98. The van der Waals surface area contributed by atoms with Crippen LogP contribution in [0.5, 0.6) is 0 Å². The van der Waals surface area contributed by atoms with Crippen LogP contribution in [-0.4, -0.2) is 34.0 Å². The van der Waals surface area contributed by atoms with Crippen LogP contribution < -0.4 is 15.4 Å². The van der Waals surface area contributed by atoms with E-state index in [0.29, 0.717) is 5.69 Å². The van der Waals surface area contributed by atoms with Gasteiger partial charge < -0.3 is 10.6 Å². The van der Waals surface area contributed by atoms with Crippen LogP contribution in [0.1, 0.15) is 13.8 Å². The summed E-state index contributed by atoms with van der Waals surface area (Å²) >= 11 is 0. The summed E-state index contributed by atoms with van der Waals surface area (Å²) in [7, 11) is -1.82. The Morgan fingerprint density at radius 2 is 1.79 bits per heavy atom. The molecule has 1 aromatic rings. The predicted octanol–water partition coefficient (Wildman–Crippen LogP) is 0.531. The van der Waals surface area contributed by atoms with E-state index in [1.54, 1.807) is 33.0 Å². The van der Waals surface area contributed by atoms with E-state index in [2.05, 4.69) is 15.4 Å². The second kappa shape index (κ2) is 6.65. The third-order valence-corrected chi connectivity index (χ3v) is 3.85. The largest absolute Gasteiger partial charge is 0.325 e. The highest BCUT2D eigenvalue weighted by Crippen LogP contribution is 2.14. The molecule has 0 saturated carbocycles. The first-order valence-corrected chi connectivity index (χ1v) is 7.40. The van der Waals surface area contributed by atoms with E-state index in [1.807, 2.05) is 0 Å². The number of rotatable bonds is 6. The Morgan fingerprint density at radius 3 is 2.26 bits per heavy atom. The minimum atomic E-state index is -3.49. The summed E-state index contributed by atoms with van der Waals surface area (Å²) in [6.07, 6.45) is 0. The van der Waals surface area contributed by atoms with Gasteiger partial charge in [-0.1, -0.05) is 0 Å². The number of hydrogen-bond donors (Lipinski definition) is 3. The lowest BCUT2D eigenvalue weighted by Gasteiger charge is -2.10. The Bertz CT molecular complexity index is 524. The van der Waals surface area contributed by atoms with Crippen LogP contribution in [0.3, 0.4) is 0 Å². The molecule has 0 unspecified atom stereocenters. The molecule has 7 heteroatoms. The first-order chi connectivity index (χ1) is 8.85. The van der Waals surface area contributed by atoms with Crippen LogP contribution in [-0.2, 0) is 14.8 Å². The van der Waals surface area contributed by atoms with Crippen molar-refractivity contribution < 1.29 is 13.2 Å². The van der Waals surface area contributed by atoms with Crippen molar-refractivity contribution in [3.63, 3.8) is 0 Å². The standard InChI is InChI=1S/C12H19N3O3S/c1-9(2)15-19(17,18)11-6-4-10(5-7-11)14-12(16)8-13-3/h4-7,9,13,15H,8H2,1-3H3,(H,14,16). The normalized spacial score (nSPS) is 11.6. The SMILES string of the molecule is CNCC(=O)Nc1ccc(S(=O)(=O)NC(C)C)cc1. The smallest absolute Gasteiger partial charge is 0.240 e. The van der Waals surface area contributed by atoms with E-state index in [-0.39, 0.29) is 23.4 Å². The lowest BCUT2D eigenvalue weighted by Crippen LogP contribution is -2.30. The molecule has 0 aliphatic heterocycles. The lowest BCUT2D eigenvalue weighted by atomic mass is 10.3. The first-order valence-electron chi connectivity index (χ1n) is 5.92. The summed E-state index contributed by atoms with van der Waals surface area (Å²) in [5.74, 6) is -0.182. The van der Waals surface area contributed by atoms with Crippen LogP contribution in [0, 0.1) is 0 Å². The van der Waals surface area contributed by atoms with Crippen LogP contribution in [0.25, 0.3) is 0 Å². The van der Waals surface area contributed by atoms with Gasteiger partial charge in [0.2, 0.25) is 15.9 Å². The molecule has 1 aromatic carbocycles. The van der Waals surface area contributed by atoms with Gasteiger partial charge in [-0.05, 0) is 45.2 Å². The quantitative estimate of drug-likeness (QED) is 0.711. The highest BCUT2D eigenvalue weighted by Gasteiger charge is 2.14. The molecule has 1 rings (SSSR count). The van der Waals surface area contributed by atoms with Crippen molar-refractivity contribution in [2.45, 2.75) is 24.8 Å². The molecule has 106 valence electrons. The molecular formula is C12H19N3O3S. The molecule has 0 radical (unpaired) electrons. The molecule has 0 bridgehead atoms. The van der Waals surface area contributed by atoms with Crippen molar-refractivity contribution in [3.8, 4) is 0 Å². The average Bonchev–Trinajstić information content (AvgIpc) is 2.28. The Balaban J connectivity index is 2.79. The number of benzene rings is 1. The molecule has 0 heterocycles. The Hall–Kier alpha value is -1.44. The second-order valence-electron chi connectivity index (χ2n) is 4.38. The zero-order valence-electron chi connectivity index (χ0n) is 11.2. The maximum Gasteiger partial charge on any atom is 0.240 e. The molecule has 3 N–H and O–H groups in total. The number of carbonyl (C=O) groups is 1. The van der Waals surface area contributed by atoms with Crippen LogP contribution in [0.2, 0.25) is 0 Å². The number of hydrogen-bond acceptors (Lipinski definition) is 4. The van der Waals surface area contributed by atoms with Gasteiger partial charge in [-0.2, -0.15) is 0 Å². The van der Waals surface area contributed by atoms with Crippen LogP contribution in [0.15, 0.2) is 29.2 Å². The minimum absolute atomic E-state index is 0.167. The molecule has 0 atom stereocenters. The molecule has 0 saturated heterocycles. The number of sulfonamides is 1. The van der Waals surface area contributed by atoms with Crippen molar-refractivity contribution in [3.05, 3.63) is 24.3 Å². The van der Waals surface area contributed by atoms with Gasteiger partial charge in [0.05, 0.1) is 11.4 Å². The summed E-state index contributed by atoms with van der Waals surface area (Å²) in [6.45, 7) is 3.71. The van der Waals surface area contributed by atoms with E-state index in [9.17, 15) is 13.2 Å². The topological polar surface area (TPSA) is 87.3 Å². The lowest BCUT2D eigenvalue weighted by molar-refractivity contribution is -0.115. The minimum Gasteiger partial charge on any atom is -0.325 e. The van der Waals surface area contributed by atoms with Gasteiger partial charge >= 0.3 is 0 Å². The predicted molar refractivity (Wildman–Crippen MR) is 74.5 cm³/mol. The van der Waals surface area contributed by atoms with Crippen molar-refractivity contribution in [2.24, 2.45) is 0 Å². The highest BCUT2D eigenvalue weighted by atomic mass is 32.2. The van der Waals surface area contributed by atoms with Crippen molar-refractivity contribution in [1.82, 2.24) is 10.0 Å². The van der Waals surface area contributed by atoms with Gasteiger partial charge in [-0.3, -0.25) is 4.79 Å². The van der Waals surface area contributed by atoms with E-state index >= 15 is 0 Å². The number of amides is 1. The fourth-order valence-electron chi connectivity index (χ4n) is 1.46. The van der Waals surface area contributed by atoms with Gasteiger partial charge in [-0.25, -0.2) is 13.1 Å². The Labute approximate surface area is 113 Å². The fraction of sp³-hybridized carbons (Fsp3) is 0.417. The summed E-state index contributed by atoms with van der Waals surface area (Å²) in [6, 6.07) is 5.87. The van der Waals surface area contributed by atoms with Crippen molar-refractivity contribution in [1.29, 1.82) is 0 Å². The number of nitrogens with one attached hydrogen (secondary N) is 3. The van der Waals surface area contributed by atoms with E-state index in [4.69, 9.17) is 0 Å². The zero-order chi connectivity index (χ0) is 14.5. The highest BCUT2D eigenvalue weighted by molar-refractivity contribution is 7.89. The number of anilines is 1. The molecule has 1 amide bonds. The Kier molecular flexibility index (Phi) is 5.46. The zero-order valence-corrected chi connectivity index (χ0v) is 12.0. The average molecular weight is 285 g/mol. The van der Waals surface area contributed by atoms with Crippen molar-refractivity contribution in [2.75, 3.05) is 18.9 Å². The molecule has 0 aromatic heterocycles. The van der Waals surface area contributed by atoms with Gasteiger partial charge in [-0.15, -0.1) is 0 Å². The molecule has 0 aliphatic rings. The molecule has 6 nitrogen and oxygen atoms in total. The van der Waals surface area contributed by atoms with E-state index in [1.165, 1.54) is 12.1 Å². The van der Waals surface area contributed by atoms with E-state index < -0.39 is 10.0 Å². The molecule has 0 aliphatic carbocycles. The third-order valence-electron chi connectivity index (χ3n) is 2.18. The molecular weight excluding hydrogens is 266 g/mol. The first kappa shape index (κ1) is 15.6. The van der Waals surface area contributed by atoms with Crippen molar-refractivity contribution >= 4 is 21.6 Å². The second-order valence-corrected chi connectivity index (χ2v) is 6.09. The van der Waals surface area contributed by atoms with Gasteiger partial charge in [0.1, 0.15) is 0 Å². The molecule has 19 heavy (non-hydrogen) atoms. The van der Waals surface area contributed by atoms with Gasteiger partial charge in [0.25, 0.3) is 0 Å². The van der Waals surface area contributed by atoms with Gasteiger partial charge in [0.15, 0.2) is 0 Å². The van der Waals surface area contributed by atoms with Gasteiger partial charge in [0, 0.05) is 11.7 Å². The monoisotopic (exact) mass is 285 g/mol. The van der Waals surface area contributed by atoms with Crippen LogP contribution >= 0.6 is 0 Å².